The molecule has 2 aromatic carbocycles. The number of aliphatic carboxylic acids is 1. The van der Waals surface area contributed by atoms with Crippen LogP contribution in [0, 0.1) is 10.9 Å². The molecule has 0 saturated heterocycles. The number of rotatable bonds is 7. The number of ether oxygens (including phenoxy) is 1. The molecule has 2 aromatic rings. The molecule has 0 unspecified atom stereocenters. The SMILES string of the molecule is N=NC(=N)c1ccc(NCc2ccc(OCC(=O)O)cc2)cc1. The third-order valence-corrected chi connectivity index (χ3v) is 3.05. The summed E-state index contributed by atoms with van der Waals surface area (Å²) >= 11 is 0. The van der Waals surface area contributed by atoms with Gasteiger partial charge < -0.3 is 15.2 Å². The van der Waals surface area contributed by atoms with Gasteiger partial charge in [0.15, 0.2) is 12.4 Å². The molecule has 0 radical (unpaired) electrons. The lowest BCUT2D eigenvalue weighted by Gasteiger charge is -2.08. The molecule has 4 N–H and O–H groups in total. The Balaban J connectivity index is 1.89. The Morgan fingerprint density at radius 1 is 1.13 bits per heavy atom. The van der Waals surface area contributed by atoms with E-state index < -0.39 is 5.97 Å². The Kier molecular flexibility index (Phi) is 5.40. The Hall–Kier alpha value is -3.22. The number of carbonyl (C=O) groups is 1. The number of hydrogen-bond donors (Lipinski definition) is 4. The van der Waals surface area contributed by atoms with Crippen LogP contribution >= 0.6 is 0 Å². The minimum atomic E-state index is -1.01. The highest BCUT2D eigenvalue weighted by molar-refractivity contribution is 5.96. The lowest BCUT2D eigenvalue weighted by Crippen LogP contribution is -2.09. The number of nitrogens with zero attached hydrogens (tertiary/aromatic N) is 1. The summed E-state index contributed by atoms with van der Waals surface area (Å²) < 4.78 is 5.07. The monoisotopic (exact) mass is 312 g/mol. The molecule has 0 bridgehead atoms. The average Bonchev–Trinajstić information content (AvgIpc) is 2.58. The Bertz CT molecular complexity index is 696. The van der Waals surface area contributed by atoms with Crippen molar-refractivity contribution >= 4 is 17.5 Å². The topological polar surface area (TPSA) is 119 Å². The van der Waals surface area contributed by atoms with Crippen LogP contribution in [0.4, 0.5) is 5.69 Å². The maximum atomic E-state index is 10.4. The molecule has 0 atom stereocenters. The molecule has 0 aliphatic heterocycles. The van der Waals surface area contributed by atoms with Gasteiger partial charge in [-0.2, -0.15) is 0 Å². The minimum Gasteiger partial charge on any atom is -0.482 e. The Morgan fingerprint density at radius 3 is 2.35 bits per heavy atom. The van der Waals surface area contributed by atoms with Gasteiger partial charge in [0.1, 0.15) is 5.75 Å². The van der Waals surface area contributed by atoms with Gasteiger partial charge in [-0.25, -0.2) is 10.3 Å². The molecule has 0 amide bonds. The van der Waals surface area contributed by atoms with Gasteiger partial charge in [0.25, 0.3) is 0 Å². The zero-order valence-electron chi connectivity index (χ0n) is 12.2. The second-order valence-corrected chi connectivity index (χ2v) is 4.72. The summed E-state index contributed by atoms with van der Waals surface area (Å²) in [6.07, 6.45) is 0. The van der Waals surface area contributed by atoms with E-state index in [2.05, 4.69) is 10.4 Å². The summed E-state index contributed by atoms with van der Waals surface area (Å²) in [5, 5.41) is 22.3. The molecule has 2 rings (SSSR count). The van der Waals surface area contributed by atoms with Crippen molar-refractivity contribution in [2.24, 2.45) is 5.11 Å². The molecule has 0 spiro atoms. The molecular weight excluding hydrogens is 296 g/mol. The van der Waals surface area contributed by atoms with Gasteiger partial charge in [-0.05, 0) is 42.0 Å². The lowest BCUT2D eigenvalue weighted by molar-refractivity contribution is -0.139. The summed E-state index contributed by atoms with van der Waals surface area (Å²) in [6.45, 7) is 0.238. The van der Waals surface area contributed by atoms with Gasteiger partial charge in [-0.15, -0.1) is 5.11 Å². The fourth-order valence-electron chi connectivity index (χ4n) is 1.86. The third-order valence-electron chi connectivity index (χ3n) is 3.05. The molecule has 0 aromatic heterocycles. The highest BCUT2D eigenvalue weighted by Gasteiger charge is 2.01. The summed E-state index contributed by atoms with van der Waals surface area (Å²) in [5.41, 5.74) is 9.30. The van der Waals surface area contributed by atoms with Gasteiger partial charge >= 0.3 is 5.97 Å². The number of amidine groups is 1. The number of anilines is 1. The van der Waals surface area contributed by atoms with Crippen LogP contribution in [0.5, 0.6) is 5.75 Å². The predicted molar refractivity (Wildman–Crippen MR) is 85.3 cm³/mol. The van der Waals surface area contributed by atoms with Crippen LogP contribution in [0.3, 0.4) is 0 Å². The van der Waals surface area contributed by atoms with E-state index in [4.69, 9.17) is 20.8 Å². The fourth-order valence-corrected chi connectivity index (χ4v) is 1.86. The smallest absolute Gasteiger partial charge is 0.341 e. The molecule has 118 valence electrons. The summed E-state index contributed by atoms with van der Waals surface area (Å²) in [5.74, 6) is -0.572. The summed E-state index contributed by atoms with van der Waals surface area (Å²) in [7, 11) is 0. The van der Waals surface area contributed by atoms with Crippen molar-refractivity contribution in [3.63, 3.8) is 0 Å². The number of carboxylic acids is 1. The zero-order chi connectivity index (χ0) is 16.7. The Morgan fingerprint density at radius 2 is 1.78 bits per heavy atom. The largest absolute Gasteiger partial charge is 0.482 e. The highest BCUT2D eigenvalue weighted by atomic mass is 16.5. The zero-order valence-corrected chi connectivity index (χ0v) is 12.2. The average molecular weight is 312 g/mol. The molecule has 7 heteroatoms. The second-order valence-electron chi connectivity index (χ2n) is 4.72. The third kappa shape index (κ3) is 4.92. The van der Waals surface area contributed by atoms with Crippen molar-refractivity contribution in [3.05, 3.63) is 59.7 Å². The Labute approximate surface area is 132 Å². The van der Waals surface area contributed by atoms with Gasteiger partial charge in [0.2, 0.25) is 0 Å². The van der Waals surface area contributed by atoms with Crippen molar-refractivity contribution in [1.82, 2.24) is 0 Å². The van der Waals surface area contributed by atoms with Crippen LogP contribution in [0.25, 0.3) is 0 Å². The van der Waals surface area contributed by atoms with Crippen LogP contribution in [0.1, 0.15) is 11.1 Å². The van der Waals surface area contributed by atoms with E-state index >= 15 is 0 Å². The number of carboxylic acid groups (broad SMARTS) is 1. The van der Waals surface area contributed by atoms with Crippen molar-refractivity contribution in [3.8, 4) is 5.75 Å². The van der Waals surface area contributed by atoms with E-state index in [0.29, 0.717) is 17.9 Å². The van der Waals surface area contributed by atoms with Gasteiger partial charge in [-0.1, -0.05) is 12.1 Å². The van der Waals surface area contributed by atoms with E-state index in [1.54, 1.807) is 24.3 Å². The van der Waals surface area contributed by atoms with Crippen molar-refractivity contribution in [2.45, 2.75) is 6.54 Å². The normalized spacial score (nSPS) is 9.91. The first-order valence-electron chi connectivity index (χ1n) is 6.82. The summed E-state index contributed by atoms with van der Waals surface area (Å²) in [6, 6.07) is 14.2. The fraction of sp³-hybridized carbons (Fsp3) is 0.125. The van der Waals surface area contributed by atoms with Crippen LogP contribution < -0.4 is 10.1 Å². The van der Waals surface area contributed by atoms with Gasteiger partial charge in [-0.3, -0.25) is 5.41 Å². The highest BCUT2D eigenvalue weighted by Crippen LogP contribution is 2.15. The van der Waals surface area contributed by atoms with E-state index in [0.717, 1.165) is 11.3 Å². The van der Waals surface area contributed by atoms with E-state index in [9.17, 15) is 4.79 Å². The summed E-state index contributed by atoms with van der Waals surface area (Å²) in [4.78, 5) is 10.4. The maximum Gasteiger partial charge on any atom is 0.341 e. The number of hydrogen-bond acceptors (Lipinski definition) is 5. The van der Waals surface area contributed by atoms with Gasteiger partial charge in [0.05, 0.1) is 0 Å². The van der Waals surface area contributed by atoms with Crippen LogP contribution in [0.15, 0.2) is 53.6 Å². The van der Waals surface area contributed by atoms with Crippen LogP contribution in [0.2, 0.25) is 0 Å². The quantitative estimate of drug-likeness (QED) is 0.357. The second kappa shape index (κ2) is 7.69. The molecule has 0 saturated carbocycles. The van der Waals surface area contributed by atoms with Gasteiger partial charge in [0, 0.05) is 17.8 Å². The van der Waals surface area contributed by atoms with Crippen LogP contribution in [-0.2, 0) is 11.3 Å². The predicted octanol–water partition coefficient (Wildman–Crippen LogP) is 3.12. The lowest BCUT2D eigenvalue weighted by atomic mass is 10.1. The molecule has 0 aliphatic rings. The first-order chi connectivity index (χ1) is 11.1. The first kappa shape index (κ1) is 16.2. The van der Waals surface area contributed by atoms with Crippen molar-refractivity contribution in [1.29, 1.82) is 10.9 Å². The molecule has 0 heterocycles. The number of nitrogens with one attached hydrogen (secondary N) is 3. The molecular formula is C16H16N4O3. The van der Waals surface area contributed by atoms with Crippen molar-refractivity contribution in [2.75, 3.05) is 11.9 Å². The first-order valence-corrected chi connectivity index (χ1v) is 6.82. The van der Waals surface area contributed by atoms with E-state index in [-0.39, 0.29) is 12.4 Å². The van der Waals surface area contributed by atoms with Crippen molar-refractivity contribution < 1.29 is 14.6 Å². The molecule has 0 aliphatic carbocycles. The maximum absolute atomic E-state index is 10.4. The standard InChI is InChI=1S/C16H16N4O3/c17-16(20-18)12-3-5-13(6-4-12)19-9-11-1-7-14(8-2-11)23-10-15(21)22/h1-8,17-19H,9-10H2,(H,21,22). The molecule has 7 nitrogen and oxygen atoms in total. The number of benzene rings is 2. The molecule has 23 heavy (non-hydrogen) atoms. The van der Waals surface area contributed by atoms with E-state index in [1.807, 2.05) is 24.3 Å². The molecule has 0 fully saturated rings. The van der Waals surface area contributed by atoms with E-state index in [1.165, 1.54) is 0 Å². The van der Waals surface area contributed by atoms with Crippen LogP contribution in [-0.4, -0.2) is 23.5 Å². The minimum absolute atomic E-state index is 0.0755.